The summed E-state index contributed by atoms with van der Waals surface area (Å²) in [5.41, 5.74) is 0.905. The summed E-state index contributed by atoms with van der Waals surface area (Å²) in [6.07, 6.45) is 1.49. The van der Waals surface area contributed by atoms with Crippen LogP contribution in [0, 0.1) is 5.82 Å². The number of nitrogens with zero attached hydrogens (tertiary/aromatic N) is 1. The van der Waals surface area contributed by atoms with Gasteiger partial charge in [-0.2, -0.15) is 0 Å². The van der Waals surface area contributed by atoms with Crippen molar-refractivity contribution in [3.63, 3.8) is 0 Å². The maximum Gasteiger partial charge on any atom is 0.317 e. The molecule has 1 aliphatic rings. The van der Waals surface area contributed by atoms with Crippen LogP contribution in [0.1, 0.15) is 18.4 Å². The van der Waals surface area contributed by atoms with E-state index in [1.54, 1.807) is 17.0 Å². The second-order valence-electron chi connectivity index (χ2n) is 4.97. The quantitative estimate of drug-likeness (QED) is 0.862. The van der Waals surface area contributed by atoms with Gasteiger partial charge in [-0.1, -0.05) is 12.1 Å². The number of hydrogen-bond acceptors (Lipinski definition) is 3. The molecule has 2 atom stereocenters. The molecule has 1 aromatic carbocycles. The lowest BCUT2D eigenvalue weighted by Gasteiger charge is -2.38. The van der Waals surface area contributed by atoms with Gasteiger partial charge in [-0.05, 0) is 43.5 Å². The second-order valence-corrected chi connectivity index (χ2v) is 4.97. The first-order valence-electron chi connectivity index (χ1n) is 6.44. The third-order valence-electron chi connectivity index (χ3n) is 3.55. The summed E-state index contributed by atoms with van der Waals surface area (Å²) in [6, 6.07) is 5.90. The lowest BCUT2D eigenvalue weighted by atomic mass is 9.93. The Balaban J connectivity index is 2.08. The zero-order valence-corrected chi connectivity index (χ0v) is 10.6. The SMILES string of the molecule is O=C(O)CN1CCC[C@H](O)[C@@H]1Cc1ccc(F)cc1. The average molecular weight is 267 g/mol. The van der Waals surface area contributed by atoms with E-state index in [9.17, 15) is 14.3 Å². The average Bonchev–Trinajstić information content (AvgIpc) is 2.35. The first-order chi connectivity index (χ1) is 9.06. The molecule has 1 saturated heterocycles. The predicted molar refractivity (Wildman–Crippen MR) is 68.3 cm³/mol. The van der Waals surface area contributed by atoms with E-state index in [0.29, 0.717) is 19.4 Å². The van der Waals surface area contributed by atoms with Gasteiger partial charge in [-0.25, -0.2) is 4.39 Å². The van der Waals surface area contributed by atoms with Crippen LogP contribution in [-0.4, -0.2) is 46.3 Å². The maximum absolute atomic E-state index is 12.9. The fourth-order valence-corrected chi connectivity index (χ4v) is 2.60. The van der Waals surface area contributed by atoms with E-state index in [-0.39, 0.29) is 18.4 Å². The lowest BCUT2D eigenvalue weighted by Crippen LogP contribution is -2.51. The van der Waals surface area contributed by atoms with E-state index in [2.05, 4.69) is 0 Å². The van der Waals surface area contributed by atoms with Gasteiger partial charge in [-0.3, -0.25) is 9.69 Å². The van der Waals surface area contributed by atoms with Crippen LogP contribution in [0.4, 0.5) is 4.39 Å². The number of carboxylic acids is 1. The minimum atomic E-state index is -0.891. The largest absolute Gasteiger partial charge is 0.480 e. The van der Waals surface area contributed by atoms with Gasteiger partial charge >= 0.3 is 5.97 Å². The first-order valence-corrected chi connectivity index (χ1v) is 6.44. The summed E-state index contributed by atoms with van der Waals surface area (Å²) < 4.78 is 12.9. The summed E-state index contributed by atoms with van der Waals surface area (Å²) >= 11 is 0. The highest BCUT2D eigenvalue weighted by Gasteiger charge is 2.31. The lowest BCUT2D eigenvalue weighted by molar-refractivity contribution is -0.140. The number of carbonyl (C=O) groups is 1. The van der Waals surface area contributed by atoms with E-state index in [4.69, 9.17) is 5.11 Å². The molecule has 0 amide bonds. The molecule has 5 heteroatoms. The summed E-state index contributed by atoms with van der Waals surface area (Å²) in [6.45, 7) is 0.609. The minimum absolute atomic E-state index is 0.0665. The van der Waals surface area contributed by atoms with Crippen LogP contribution in [-0.2, 0) is 11.2 Å². The number of hydrogen-bond donors (Lipinski definition) is 2. The molecule has 0 saturated carbocycles. The van der Waals surface area contributed by atoms with E-state index >= 15 is 0 Å². The van der Waals surface area contributed by atoms with Crippen molar-refractivity contribution in [2.45, 2.75) is 31.4 Å². The second kappa shape index (κ2) is 6.12. The molecule has 0 aromatic heterocycles. The van der Waals surface area contributed by atoms with E-state index < -0.39 is 12.1 Å². The Kier molecular flexibility index (Phi) is 4.50. The van der Waals surface area contributed by atoms with Gasteiger partial charge in [0.1, 0.15) is 5.82 Å². The van der Waals surface area contributed by atoms with E-state index in [0.717, 1.165) is 12.0 Å². The summed E-state index contributed by atoms with van der Waals surface area (Å²) in [4.78, 5) is 12.6. The smallest absolute Gasteiger partial charge is 0.317 e. The Morgan fingerprint density at radius 3 is 2.68 bits per heavy atom. The number of likely N-dealkylation sites (tertiary alicyclic amines) is 1. The minimum Gasteiger partial charge on any atom is -0.480 e. The molecule has 19 heavy (non-hydrogen) atoms. The van der Waals surface area contributed by atoms with Gasteiger partial charge in [0.2, 0.25) is 0 Å². The molecule has 4 nitrogen and oxygen atoms in total. The van der Waals surface area contributed by atoms with Crippen molar-refractivity contribution in [2.75, 3.05) is 13.1 Å². The van der Waals surface area contributed by atoms with Gasteiger partial charge in [-0.15, -0.1) is 0 Å². The fraction of sp³-hybridized carbons (Fsp3) is 0.500. The number of halogens is 1. The molecule has 104 valence electrons. The molecule has 1 fully saturated rings. The molecule has 2 N–H and O–H groups in total. The summed E-state index contributed by atoms with van der Waals surface area (Å²) in [7, 11) is 0. The van der Waals surface area contributed by atoms with E-state index in [1.807, 2.05) is 0 Å². The Morgan fingerprint density at radius 2 is 2.05 bits per heavy atom. The molecule has 0 unspecified atom stereocenters. The van der Waals surface area contributed by atoms with Crippen molar-refractivity contribution in [3.8, 4) is 0 Å². The predicted octanol–water partition coefficient (Wildman–Crippen LogP) is 1.28. The number of aliphatic hydroxyl groups is 1. The van der Waals surface area contributed by atoms with Crippen LogP contribution >= 0.6 is 0 Å². The van der Waals surface area contributed by atoms with E-state index in [1.165, 1.54) is 12.1 Å². The Morgan fingerprint density at radius 1 is 1.37 bits per heavy atom. The Bertz CT molecular complexity index is 435. The Hall–Kier alpha value is -1.46. The van der Waals surface area contributed by atoms with Gasteiger partial charge in [0.25, 0.3) is 0 Å². The van der Waals surface area contributed by atoms with Gasteiger partial charge in [0.05, 0.1) is 12.6 Å². The molecule has 0 bridgehead atoms. The molecule has 0 aliphatic carbocycles. The van der Waals surface area contributed by atoms with Crippen molar-refractivity contribution in [1.82, 2.24) is 4.90 Å². The van der Waals surface area contributed by atoms with Crippen LogP contribution in [0.15, 0.2) is 24.3 Å². The third-order valence-corrected chi connectivity index (χ3v) is 3.55. The van der Waals surface area contributed by atoms with Gasteiger partial charge < -0.3 is 10.2 Å². The molecule has 1 aromatic rings. The number of carboxylic acid groups (broad SMARTS) is 1. The molecular formula is C14H18FNO3. The highest BCUT2D eigenvalue weighted by molar-refractivity contribution is 5.69. The monoisotopic (exact) mass is 267 g/mol. The number of aliphatic hydroxyl groups excluding tert-OH is 1. The molecule has 0 spiro atoms. The third kappa shape index (κ3) is 3.75. The Labute approximate surface area is 111 Å². The molecule has 1 heterocycles. The van der Waals surface area contributed by atoms with Crippen LogP contribution in [0.5, 0.6) is 0 Å². The van der Waals surface area contributed by atoms with Crippen molar-refractivity contribution < 1.29 is 19.4 Å². The highest BCUT2D eigenvalue weighted by Crippen LogP contribution is 2.21. The van der Waals surface area contributed by atoms with Crippen molar-refractivity contribution in [2.24, 2.45) is 0 Å². The zero-order valence-electron chi connectivity index (χ0n) is 10.6. The molecular weight excluding hydrogens is 249 g/mol. The molecule has 0 radical (unpaired) electrons. The number of benzene rings is 1. The normalized spacial score (nSPS) is 24.3. The van der Waals surface area contributed by atoms with Gasteiger partial charge in [0.15, 0.2) is 0 Å². The van der Waals surface area contributed by atoms with Crippen LogP contribution < -0.4 is 0 Å². The zero-order chi connectivity index (χ0) is 13.8. The van der Waals surface area contributed by atoms with Crippen LogP contribution in [0.2, 0.25) is 0 Å². The van der Waals surface area contributed by atoms with Gasteiger partial charge in [0, 0.05) is 6.04 Å². The summed E-state index contributed by atoms with van der Waals surface area (Å²) in [5, 5.41) is 19.0. The van der Waals surface area contributed by atoms with Crippen molar-refractivity contribution in [1.29, 1.82) is 0 Å². The number of piperidine rings is 1. The molecule has 2 rings (SSSR count). The fourth-order valence-electron chi connectivity index (χ4n) is 2.60. The molecule has 1 aliphatic heterocycles. The van der Waals surface area contributed by atoms with Crippen LogP contribution in [0.3, 0.4) is 0 Å². The first kappa shape index (κ1) is 14.0. The topological polar surface area (TPSA) is 60.8 Å². The maximum atomic E-state index is 12.9. The van der Waals surface area contributed by atoms with Crippen LogP contribution in [0.25, 0.3) is 0 Å². The van der Waals surface area contributed by atoms with Crippen molar-refractivity contribution in [3.05, 3.63) is 35.6 Å². The standard InChI is InChI=1S/C14H18FNO3/c15-11-5-3-10(4-6-11)8-12-13(17)2-1-7-16(12)9-14(18)19/h3-6,12-13,17H,1-2,7-9H2,(H,18,19)/t12-,13-/m0/s1. The number of aliphatic carboxylic acids is 1. The number of rotatable bonds is 4. The highest BCUT2D eigenvalue weighted by atomic mass is 19.1. The van der Waals surface area contributed by atoms with Crippen molar-refractivity contribution >= 4 is 5.97 Å². The summed E-state index contributed by atoms with van der Waals surface area (Å²) in [5.74, 6) is -1.19.